The van der Waals surface area contributed by atoms with E-state index in [9.17, 15) is 23.1 Å². The monoisotopic (exact) mass is 248 g/mol. The number of halogens is 3. The van der Waals surface area contributed by atoms with E-state index in [1.165, 1.54) is 6.07 Å². The number of aliphatic carboxylic acids is 1. The first-order chi connectivity index (χ1) is 7.80. The van der Waals surface area contributed by atoms with E-state index in [0.29, 0.717) is 11.6 Å². The maximum atomic E-state index is 12.3. The molecule has 0 bridgehead atoms. The molecule has 0 spiro atoms. The molecule has 1 aromatic carbocycles. The second-order valence-electron chi connectivity index (χ2n) is 3.59. The lowest BCUT2D eigenvalue weighted by Crippen LogP contribution is -2.05. The molecule has 0 fully saturated rings. The zero-order valence-corrected chi connectivity index (χ0v) is 8.79. The number of benzene rings is 1. The van der Waals surface area contributed by atoms with Gasteiger partial charge in [-0.2, -0.15) is 13.2 Å². The number of alkyl halides is 3. The lowest BCUT2D eigenvalue weighted by atomic mass is 10.0. The van der Waals surface area contributed by atoms with Gasteiger partial charge >= 0.3 is 12.1 Å². The largest absolute Gasteiger partial charge is 0.508 e. The summed E-state index contributed by atoms with van der Waals surface area (Å²) in [5.74, 6) is -1.43. The second-order valence-corrected chi connectivity index (χ2v) is 3.59. The summed E-state index contributed by atoms with van der Waals surface area (Å²) < 4.78 is 36.8. The molecule has 94 valence electrons. The molecule has 0 saturated carbocycles. The van der Waals surface area contributed by atoms with Crippen molar-refractivity contribution < 1.29 is 28.2 Å². The van der Waals surface area contributed by atoms with E-state index in [-0.39, 0.29) is 19.3 Å². The Morgan fingerprint density at radius 2 is 1.94 bits per heavy atom. The lowest BCUT2D eigenvalue weighted by Gasteiger charge is -2.09. The molecule has 17 heavy (non-hydrogen) atoms. The molecule has 0 aliphatic carbocycles. The third kappa shape index (κ3) is 3.97. The van der Waals surface area contributed by atoms with Crippen LogP contribution in [0, 0.1) is 0 Å². The Hall–Kier alpha value is -1.72. The van der Waals surface area contributed by atoms with Crippen molar-refractivity contribution in [3.8, 4) is 5.75 Å². The number of phenols is 1. The summed E-state index contributed by atoms with van der Waals surface area (Å²) in [6.45, 7) is 0. The number of hydrogen-bond acceptors (Lipinski definition) is 2. The predicted molar refractivity (Wildman–Crippen MR) is 53.7 cm³/mol. The van der Waals surface area contributed by atoms with Gasteiger partial charge in [-0.05, 0) is 30.5 Å². The van der Waals surface area contributed by atoms with Crippen LogP contribution in [0.1, 0.15) is 24.0 Å². The third-order valence-electron chi connectivity index (χ3n) is 2.25. The maximum Gasteiger partial charge on any atom is 0.416 e. The fourth-order valence-electron chi connectivity index (χ4n) is 1.38. The molecule has 0 saturated heterocycles. The predicted octanol–water partition coefficient (Wildman–Crippen LogP) is 2.82. The minimum Gasteiger partial charge on any atom is -0.508 e. The highest BCUT2D eigenvalue weighted by atomic mass is 19.4. The molecule has 3 nitrogen and oxygen atoms in total. The summed E-state index contributed by atoms with van der Waals surface area (Å²) in [4.78, 5) is 10.2. The van der Waals surface area contributed by atoms with E-state index in [1.807, 2.05) is 0 Å². The van der Waals surface area contributed by atoms with Crippen molar-refractivity contribution in [3.63, 3.8) is 0 Å². The van der Waals surface area contributed by atoms with E-state index in [2.05, 4.69) is 0 Å². The number of carboxylic acids is 1. The molecule has 0 radical (unpaired) electrons. The highest BCUT2D eigenvalue weighted by Crippen LogP contribution is 2.32. The molecule has 0 aliphatic rings. The Bertz CT molecular complexity index is 413. The highest BCUT2D eigenvalue weighted by Gasteiger charge is 2.30. The molecule has 0 aliphatic heterocycles. The number of phenolic OH excluding ortho intramolecular Hbond substituents is 1. The number of aryl methyl sites for hydroxylation is 1. The maximum absolute atomic E-state index is 12.3. The van der Waals surface area contributed by atoms with Crippen molar-refractivity contribution >= 4 is 5.97 Å². The zero-order valence-electron chi connectivity index (χ0n) is 8.79. The van der Waals surface area contributed by atoms with Crippen LogP contribution in [0.4, 0.5) is 13.2 Å². The van der Waals surface area contributed by atoms with Gasteiger partial charge in [0.1, 0.15) is 5.75 Å². The van der Waals surface area contributed by atoms with Gasteiger partial charge in [-0.15, -0.1) is 0 Å². The van der Waals surface area contributed by atoms with Crippen LogP contribution in [0.2, 0.25) is 0 Å². The van der Waals surface area contributed by atoms with Crippen molar-refractivity contribution in [1.82, 2.24) is 0 Å². The van der Waals surface area contributed by atoms with Crippen molar-refractivity contribution in [1.29, 1.82) is 0 Å². The fraction of sp³-hybridized carbons (Fsp3) is 0.364. The first-order valence-electron chi connectivity index (χ1n) is 4.91. The van der Waals surface area contributed by atoms with E-state index in [4.69, 9.17) is 5.11 Å². The molecule has 0 aromatic heterocycles. The van der Waals surface area contributed by atoms with Gasteiger partial charge in [-0.3, -0.25) is 4.79 Å². The molecular formula is C11H11F3O3. The summed E-state index contributed by atoms with van der Waals surface area (Å²) in [6, 6.07) is 2.69. The Kier molecular flexibility index (Phi) is 3.98. The summed E-state index contributed by atoms with van der Waals surface area (Å²) in [6.07, 6.45) is -4.07. The van der Waals surface area contributed by atoms with Crippen molar-refractivity contribution in [2.75, 3.05) is 0 Å². The topological polar surface area (TPSA) is 57.5 Å². The lowest BCUT2D eigenvalue weighted by molar-refractivity contribution is -0.138. The Morgan fingerprint density at radius 3 is 2.41 bits per heavy atom. The van der Waals surface area contributed by atoms with Gasteiger partial charge < -0.3 is 10.2 Å². The van der Waals surface area contributed by atoms with Crippen molar-refractivity contribution in [2.45, 2.75) is 25.4 Å². The molecule has 0 atom stereocenters. The van der Waals surface area contributed by atoms with Crippen LogP contribution in [-0.4, -0.2) is 16.2 Å². The highest BCUT2D eigenvalue weighted by molar-refractivity contribution is 5.66. The average molecular weight is 248 g/mol. The standard InChI is InChI=1S/C11H11F3O3/c12-11(13,14)8-5-4-7(9(15)6-8)2-1-3-10(16)17/h4-6,15H,1-3H2,(H,16,17). The summed E-state index contributed by atoms with van der Waals surface area (Å²) in [5.41, 5.74) is -0.601. The minimum absolute atomic E-state index is 0.0829. The normalized spacial score (nSPS) is 11.5. The van der Waals surface area contributed by atoms with Crippen LogP contribution in [0.15, 0.2) is 18.2 Å². The number of hydrogen-bond donors (Lipinski definition) is 2. The third-order valence-corrected chi connectivity index (χ3v) is 2.25. The number of carboxylic acid groups (broad SMARTS) is 1. The van der Waals surface area contributed by atoms with E-state index in [0.717, 1.165) is 6.07 Å². The van der Waals surface area contributed by atoms with Gasteiger partial charge in [0, 0.05) is 6.42 Å². The van der Waals surface area contributed by atoms with Crippen LogP contribution in [0.25, 0.3) is 0 Å². The molecule has 0 heterocycles. The van der Waals surface area contributed by atoms with Crippen LogP contribution >= 0.6 is 0 Å². The minimum atomic E-state index is -4.49. The van der Waals surface area contributed by atoms with Gasteiger partial charge in [0.15, 0.2) is 0 Å². The summed E-state index contributed by atoms with van der Waals surface area (Å²) >= 11 is 0. The first kappa shape index (κ1) is 13.3. The molecule has 1 aromatic rings. The number of carbonyl (C=O) groups is 1. The molecule has 2 N–H and O–H groups in total. The smallest absolute Gasteiger partial charge is 0.416 e. The fourth-order valence-corrected chi connectivity index (χ4v) is 1.38. The van der Waals surface area contributed by atoms with Crippen LogP contribution in [0.5, 0.6) is 5.75 Å². The second kappa shape index (κ2) is 5.07. The molecule has 1 rings (SSSR count). The zero-order chi connectivity index (χ0) is 13.1. The van der Waals surface area contributed by atoms with Crippen LogP contribution in [-0.2, 0) is 17.4 Å². The van der Waals surface area contributed by atoms with Gasteiger partial charge in [0.25, 0.3) is 0 Å². The van der Waals surface area contributed by atoms with Gasteiger partial charge in [0.2, 0.25) is 0 Å². The van der Waals surface area contributed by atoms with Crippen molar-refractivity contribution in [3.05, 3.63) is 29.3 Å². The SMILES string of the molecule is O=C(O)CCCc1ccc(C(F)(F)F)cc1O. The van der Waals surface area contributed by atoms with Crippen LogP contribution < -0.4 is 0 Å². The van der Waals surface area contributed by atoms with Crippen LogP contribution in [0.3, 0.4) is 0 Å². The quantitative estimate of drug-likeness (QED) is 0.861. The molecule has 0 amide bonds. The molecule has 0 unspecified atom stereocenters. The summed E-state index contributed by atoms with van der Waals surface area (Å²) in [5, 5.41) is 17.8. The number of aromatic hydroxyl groups is 1. The Morgan fingerprint density at radius 1 is 1.29 bits per heavy atom. The Labute approximate surface area is 95.5 Å². The van der Waals surface area contributed by atoms with Gasteiger partial charge in [-0.25, -0.2) is 0 Å². The summed E-state index contributed by atoms with van der Waals surface area (Å²) in [7, 11) is 0. The van der Waals surface area contributed by atoms with Crippen molar-refractivity contribution in [2.24, 2.45) is 0 Å². The average Bonchev–Trinajstić information content (AvgIpc) is 2.18. The van der Waals surface area contributed by atoms with Gasteiger partial charge in [-0.1, -0.05) is 6.07 Å². The Balaban J connectivity index is 2.73. The molecule has 6 heteroatoms. The van der Waals surface area contributed by atoms with E-state index in [1.54, 1.807) is 0 Å². The van der Waals surface area contributed by atoms with E-state index < -0.39 is 23.5 Å². The molecular weight excluding hydrogens is 237 g/mol. The van der Waals surface area contributed by atoms with E-state index >= 15 is 0 Å². The first-order valence-corrected chi connectivity index (χ1v) is 4.91. The number of rotatable bonds is 4. The van der Waals surface area contributed by atoms with Gasteiger partial charge in [0.05, 0.1) is 5.56 Å².